The second-order valence-corrected chi connectivity index (χ2v) is 5.91. The van der Waals surface area contributed by atoms with E-state index in [0.717, 1.165) is 23.2 Å². The first-order chi connectivity index (χ1) is 8.83. The summed E-state index contributed by atoms with van der Waals surface area (Å²) < 4.78 is 5.27. The van der Waals surface area contributed by atoms with Crippen LogP contribution < -0.4 is 10.1 Å². The summed E-state index contributed by atoms with van der Waals surface area (Å²) in [5, 5.41) is 4.47. The zero-order chi connectivity index (χ0) is 12.8. The third-order valence-corrected chi connectivity index (χ3v) is 4.68. The minimum Gasteiger partial charge on any atom is -0.481 e. The molecule has 100 valence electrons. The molecule has 3 nitrogen and oxygen atoms in total. The van der Waals surface area contributed by atoms with Crippen molar-refractivity contribution in [2.24, 2.45) is 0 Å². The lowest BCUT2D eigenvalue weighted by Gasteiger charge is -2.28. The number of nitrogens with zero attached hydrogens (tertiary/aromatic N) is 1. The van der Waals surface area contributed by atoms with Crippen LogP contribution in [0.25, 0.3) is 0 Å². The van der Waals surface area contributed by atoms with Crippen LogP contribution in [0.3, 0.4) is 0 Å². The summed E-state index contributed by atoms with van der Waals surface area (Å²) >= 11 is 2.00. The van der Waals surface area contributed by atoms with E-state index in [2.05, 4.69) is 22.6 Å². The molecule has 2 atom stereocenters. The highest BCUT2D eigenvalue weighted by Gasteiger charge is 2.20. The van der Waals surface area contributed by atoms with E-state index in [-0.39, 0.29) is 0 Å². The zero-order valence-electron chi connectivity index (χ0n) is 11.2. The van der Waals surface area contributed by atoms with E-state index in [1.54, 1.807) is 13.3 Å². The highest BCUT2D eigenvalue weighted by atomic mass is 32.2. The number of thioether (sulfide) groups is 1. The molecule has 0 bridgehead atoms. The molecule has 1 saturated carbocycles. The highest BCUT2D eigenvalue weighted by molar-refractivity contribution is 7.99. The molecule has 1 aromatic rings. The van der Waals surface area contributed by atoms with Gasteiger partial charge in [-0.05, 0) is 31.6 Å². The van der Waals surface area contributed by atoms with Gasteiger partial charge in [-0.15, -0.1) is 0 Å². The second-order valence-electron chi connectivity index (χ2n) is 4.77. The lowest BCUT2D eigenvalue weighted by molar-refractivity contribution is 0.366. The molecule has 1 heterocycles. The topological polar surface area (TPSA) is 34.1 Å². The van der Waals surface area contributed by atoms with Crippen LogP contribution >= 0.6 is 11.8 Å². The lowest BCUT2D eigenvalue weighted by atomic mass is 9.95. The monoisotopic (exact) mass is 266 g/mol. The fourth-order valence-corrected chi connectivity index (χ4v) is 3.37. The Morgan fingerprint density at radius 3 is 3.17 bits per heavy atom. The van der Waals surface area contributed by atoms with Gasteiger partial charge in [-0.3, -0.25) is 0 Å². The molecule has 0 saturated heterocycles. The largest absolute Gasteiger partial charge is 0.481 e. The van der Waals surface area contributed by atoms with Crippen molar-refractivity contribution in [1.82, 2.24) is 10.3 Å². The zero-order valence-corrected chi connectivity index (χ0v) is 12.0. The summed E-state index contributed by atoms with van der Waals surface area (Å²) in [5.74, 6) is 0.738. The predicted molar refractivity (Wildman–Crippen MR) is 77.2 cm³/mol. The third kappa shape index (κ3) is 3.62. The summed E-state index contributed by atoms with van der Waals surface area (Å²) in [6.45, 7) is 0.850. The van der Waals surface area contributed by atoms with Gasteiger partial charge in [-0.2, -0.15) is 11.8 Å². The number of aromatic nitrogens is 1. The fraction of sp³-hybridized carbons (Fsp3) is 0.643. The standard InChI is InChI=1S/C14H22N2OS/c1-17-14-11(5-4-8-15-14)10-16-12-6-3-7-13(9-12)18-2/h4-5,8,12-13,16H,3,6-7,9-10H2,1-2H3. The van der Waals surface area contributed by atoms with Crippen LogP contribution in [0, 0.1) is 0 Å². The maximum atomic E-state index is 5.27. The van der Waals surface area contributed by atoms with Crippen LogP contribution in [0.1, 0.15) is 31.2 Å². The SMILES string of the molecule is COc1ncccc1CNC1CCCC(SC)C1. The quantitative estimate of drug-likeness (QED) is 0.888. The smallest absolute Gasteiger partial charge is 0.217 e. The van der Waals surface area contributed by atoms with Crippen molar-refractivity contribution >= 4 is 11.8 Å². The number of rotatable bonds is 5. The Bertz CT molecular complexity index is 373. The molecule has 1 aliphatic rings. The number of hydrogen-bond acceptors (Lipinski definition) is 4. The van der Waals surface area contributed by atoms with Gasteiger partial charge in [0.1, 0.15) is 0 Å². The minimum atomic E-state index is 0.640. The van der Waals surface area contributed by atoms with Gasteiger partial charge in [-0.25, -0.2) is 4.98 Å². The Balaban J connectivity index is 1.87. The average Bonchev–Trinajstić information content (AvgIpc) is 2.45. The van der Waals surface area contributed by atoms with Gasteiger partial charge in [0.15, 0.2) is 0 Å². The second kappa shape index (κ2) is 7.00. The lowest BCUT2D eigenvalue weighted by Crippen LogP contribution is -2.34. The van der Waals surface area contributed by atoms with E-state index in [4.69, 9.17) is 4.74 Å². The molecular weight excluding hydrogens is 244 g/mol. The van der Waals surface area contributed by atoms with Gasteiger partial charge in [0, 0.05) is 29.6 Å². The minimum absolute atomic E-state index is 0.640. The maximum absolute atomic E-state index is 5.27. The number of hydrogen-bond donors (Lipinski definition) is 1. The first kappa shape index (κ1) is 13.7. The van der Waals surface area contributed by atoms with Gasteiger partial charge in [-0.1, -0.05) is 12.5 Å². The first-order valence-electron chi connectivity index (χ1n) is 6.57. The van der Waals surface area contributed by atoms with Crippen LogP contribution in [0.4, 0.5) is 0 Å². The highest BCUT2D eigenvalue weighted by Crippen LogP contribution is 2.27. The molecular formula is C14H22N2OS. The Kier molecular flexibility index (Phi) is 5.32. The molecule has 0 aliphatic heterocycles. The fourth-order valence-electron chi connectivity index (χ4n) is 2.54. The molecule has 18 heavy (non-hydrogen) atoms. The van der Waals surface area contributed by atoms with Crippen LogP contribution in [0.5, 0.6) is 5.88 Å². The summed E-state index contributed by atoms with van der Waals surface area (Å²) in [6.07, 6.45) is 9.27. The van der Waals surface area contributed by atoms with Crippen molar-refractivity contribution in [1.29, 1.82) is 0 Å². The van der Waals surface area contributed by atoms with E-state index in [0.29, 0.717) is 6.04 Å². The molecule has 0 spiro atoms. The summed E-state index contributed by atoms with van der Waals surface area (Å²) in [4.78, 5) is 4.23. The molecule has 0 radical (unpaired) electrons. The van der Waals surface area contributed by atoms with Crippen molar-refractivity contribution < 1.29 is 4.74 Å². The molecule has 4 heteroatoms. The normalized spacial score (nSPS) is 23.9. The number of ether oxygens (including phenoxy) is 1. The number of methoxy groups -OCH3 is 1. The molecule has 1 fully saturated rings. The van der Waals surface area contributed by atoms with Crippen LogP contribution in [0.15, 0.2) is 18.3 Å². The third-order valence-electron chi connectivity index (χ3n) is 3.58. The van der Waals surface area contributed by atoms with Crippen molar-refractivity contribution in [2.45, 2.75) is 43.5 Å². The Labute approximate surface area is 114 Å². The van der Waals surface area contributed by atoms with E-state index < -0.39 is 0 Å². The summed E-state index contributed by atoms with van der Waals surface area (Å²) in [5.41, 5.74) is 1.14. The van der Waals surface area contributed by atoms with Crippen LogP contribution in [-0.2, 0) is 6.54 Å². The van der Waals surface area contributed by atoms with E-state index in [1.165, 1.54) is 25.7 Å². The Hall–Kier alpha value is -0.740. The van der Waals surface area contributed by atoms with Gasteiger partial charge in [0.25, 0.3) is 0 Å². The van der Waals surface area contributed by atoms with Crippen LogP contribution in [-0.4, -0.2) is 29.6 Å². The molecule has 0 amide bonds. The van der Waals surface area contributed by atoms with Gasteiger partial charge in [0.2, 0.25) is 5.88 Å². The molecule has 1 aromatic heterocycles. The van der Waals surface area contributed by atoms with Gasteiger partial charge >= 0.3 is 0 Å². The van der Waals surface area contributed by atoms with E-state index in [1.807, 2.05) is 17.8 Å². The van der Waals surface area contributed by atoms with Gasteiger partial charge < -0.3 is 10.1 Å². The molecule has 2 rings (SSSR count). The summed E-state index contributed by atoms with van der Waals surface area (Å²) in [6, 6.07) is 4.68. The van der Waals surface area contributed by atoms with Crippen molar-refractivity contribution in [3.05, 3.63) is 23.9 Å². The molecule has 1 aliphatic carbocycles. The maximum Gasteiger partial charge on any atom is 0.217 e. The Morgan fingerprint density at radius 1 is 1.50 bits per heavy atom. The van der Waals surface area contributed by atoms with Crippen molar-refractivity contribution in [3.8, 4) is 5.88 Å². The van der Waals surface area contributed by atoms with Gasteiger partial charge in [0.05, 0.1) is 7.11 Å². The molecule has 1 N–H and O–H groups in total. The van der Waals surface area contributed by atoms with Crippen LogP contribution in [0.2, 0.25) is 0 Å². The predicted octanol–water partition coefficient (Wildman–Crippen LogP) is 2.85. The van der Waals surface area contributed by atoms with E-state index in [9.17, 15) is 0 Å². The van der Waals surface area contributed by atoms with Crippen molar-refractivity contribution in [2.75, 3.05) is 13.4 Å². The van der Waals surface area contributed by atoms with Crippen molar-refractivity contribution in [3.63, 3.8) is 0 Å². The number of pyridine rings is 1. The molecule has 0 aromatic carbocycles. The Morgan fingerprint density at radius 2 is 2.39 bits per heavy atom. The average molecular weight is 266 g/mol. The first-order valence-corrected chi connectivity index (χ1v) is 7.86. The summed E-state index contributed by atoms with van der Waals surface area (Å²) in [7, 11) is 1.68. The molecule has 2 unspecified atom stereocenters. The van der Waals surface area contributed by atoms with E-state index >= 15 is 0 Å². The number of nitrogens with one attached hydrogen (secondary N) is 1.